The molecular formula is C42H45Cl2N3O4Si. The van der Waals surface area contributed by atoms with E-state index >= 15 is 0 Å². The molecule has 1 unspecified atom stereocenters. The van der Waals surface area contributed by atoms with E-state index in [1.54, 1.807) is 11.9 Å². The molecule has 5 aromatic rings. The highest BCUT2D eigenvalue weighted by molar-refractivity contribution is 6.99. The van der Waals surface area contributed by atoms with Gasteiger partial charge in [-0.1, -0.05) is 153 Å². The first-order chi connectivity index (χ1) is 25.0. The number of carbonyl (C=O) groups excluding carboxylic acids is 1. The fraction of sp³-hybridized carbons (Fsp3) is 0.310. The summed E-state index contributed by atoms with van der Waals surface area (Å²) in [5.41, 5.74) is 6.22. The summed E-state index contributed by atoms with van der Waals surface area (Å²) in [5, 5.41) is 10.7. The molecule has 0 spiro atoms. The van der Waals surface area contributed by atoms with Gasteiger partial charge in [-0.05, 0) is 50.2 Å². The number of halogens is 2. The number of aromatic nitrogens is 2. The van der Waals surface area contributed by atoms with Gasteiger partial charge in [0.05, 0.1) is 19.3 Å². The highest BCUT2D eigenvalue weighted by atomic mass is 35.5. The Labute approximate surface area is 318 Å². The number of ether oxygens (including phenoxy) is 2. The normalized spacial score (nSPS) is 13.4. The van der Waals surface area contributed by atoms with Crippen LogP contribution in [0.15, 0.2) is 109 Å². The largest absolute Gasteiger partial charge is 0.448 e. The molecule has 7 nitrogen and oxygen atoms in total. The minimum absolute atomic E-state index is 0.0159. The second-order valence-corrected chi connectivity index (χ2v) is 19.3. The Morgan fingerprint density at radius 2 is 1.33 bits per heavy atom. The standard InChI is InChI=1S/C42H45Cl2N3O4Si/c1-29-37(40(44)46-45-39(29)43)26-30(27-51-52(42(2,3)4,31-16-8-6-9-17-31)32-18-10-7-11-19-32)49-25-24-47(5)41(48)50-28-38-35-22-14-12-20-33(35)34-21-13-15-23-36(34)38/h6-23,30,38H,24-28H2,1-5H3. The molecule has 0 saturated heterocycles. The van der Waals surface area contributed by atoms with Gasteiger partial charge in [0.15, 0.2) is 10.3 Å². The molecule has 1 amide bonds. The number of fused-ring (bicyclic) bond motifs is 3. The summed E-state index contributed by atoms with van der Waals surface area (Å²) in [6.07, 6.45) is -0.448. The molecule has 1 aliphatic rings. The summed E-state index contributed by atoms with van der Waals surface area (Å²) in [6, 6.07) is 37.6. The van der Waals surface area contributed by atoms with Crippen LogP contribution in [0.4, 0.5) is 4.79 Å². The molecule has 1 aromatic heterocycles. The van der Waals surface area contributed by atoms with Crippen LogP contribution in [-0.4, -0.2) is 69.0 Å². The van der Waals surface area contributed by atoms with Crippen molar-refractivity contribution in [2.45, 2.75) is 51.2 Å². The van der Waals surface area contributed by atoms with Gasteiger partial charge < -0.3 is 18.8 Å². The third-order valence-corrected chi connectivity index (χ3v) is 15.7. The van der Waals surface area contributed by atoms with Crippen molar-refractivity contribution >= 4 is 48.0 Å². The molecule has 10 heteroatoms. The lowest BCUT2D eigenvalue weighted by Crippen LogP contribution is -2.67. The highest BCUT2D eigenvalue weighted by Gasteiger charge is 2.50. The van der Waals surface area contributed by atoms with E-state index in [9.17, 15) is 4.79 Å². The number of benzene rings is 4. The molecule has 1 aliphatic carbocycles. The van der Waals surface area contributed by atoms with E-state index in [0.29, 0.717) is 18.1 Å². The maximum atomic E-state index is 13.3. The van der Waals surface area contributed by atoms with E-state index < -0.39 is 20.5 Å². The number of carbonyl (C=O) groups is 1. The smallest absolute Gasteiger partial charge is 0.409 e. The van der Waals surface area contributed by atoms with Crippen LogP contribution in [0.25, 0.3) is 11.1 Å². The quantitative estimate of drug-likeness (QED) is 0.112. The summed E-state index contributed by atoms with van der Waals surface area (Å²) in [5.74, 6) is -0.0159. The molecule has 0 fully saturated rings. The zero-order valence-electron chi connectivity index (χ0n) is 30.3. The molecule has 0 saturated carbocycles. The van der Waals surface area contributed by atoms with Crippen LogP contribution in [0.3, 0.4) is 0 Å². The Morgan fingerprint density at radius 1 is 0.808 bits per heavy atom. The maximum absolute atomic E-state index is 13.3. The van der Waals surface area contributed by atoms with Crippen molar-refractivity contribution in [2.24, 2.45) is 0 Å². The van der Waals surface area contributed by atoms with Gasteiger partial charge in [0.2, 0.25) is 0 Å². The molecule has 1 heterocycles. The van der Waals surface area contributed by atoms with Gasteiger partial charge in [0.1, 0.15) is 6.61 Å². The van der Waals surface area contributed by atoms with Gasteiger partial charge in [-0.2, -0.15) is 0 Å². The van der Waals surface area contributed by atoms with Crippen LogP contribution < -0.4 is 10.4 Å². The predicted octanol–water partition coefficient (Wildman–Crippen LogP) is 8.48. The van der Waals surface area contributed by atoms with E-state index in [1.165, 1.54) is 32.6 Å². The molecule has 0 aliphatic heterocycles. The lowest BCUT2D eigenvalue weighted by atomic mass is 9.98. The Kier molecular flexibility index (Phi) is 11.8. The van der Waals surface area contributed by atoms with Gasteiger partial charge in [0.25, 0.3) is 8.32 Å². The topological polar surface area (TPSA) is 73.8 Å². The van der Waals surface area contributed by atoms with Crippen molar-refractivity contribution in [2.75, 3.05) is 33.4 Å². The Balaban J connectivity index is 1.18. The average Bonchev–Trinajstić information content (AvgIpc) is 3.47. The number of rotatable bonds is 13. The summed E-state index contributed by atoms with van der Waals surface area (Å²) in [6.45, 7) is 9.69. The van der Waals surface area contributed by atoms with E-state index in [0.717, 1.165) is 11.1 Å². The van der Waals surface area contributed by atoms with E-state index in [4.69, 9.17) is 37.1 Å². The van der Waals surface area contributed by atoms with Crippen molar-refractivity contribution in [3.63, 3.8) is 0 Å². The second-order valence-electron chi connectivity index (χ2n) is 14.3. The molecule has 0 N–H and O–H groups in total. The molecule has 52 heavy (non-hydrogen) atoms. The number of likely N-dealkylation sites (N-methyl/N-ethyl adjacent to an activating group) is 1. The molecular weight excluding hydrogens is 709 g/mol. The monoisotopic (exact) mass is 753 g/mol. The summed E-state index contributed by atoms with van der Waals surface area (Å²) < 4.78 is 19.7. The van der Waals surface area contributed by atoms with Gasteiger partial charge in [-0.15, -0.1) is 10.2 Å². The number of hydrogen-bond acceptors (Lipinski definition) is 6. The van der Waals surface area contributed by atoms with Crippen LogP contribution in [0, 0.1) is 6.92 Å². The average molecular weight is 755 g/mol. The van der Waals surface area contributed by atoms with Crippen molar-refractivity contribution < 1.29 is 18.7 Å². The van der Waals surface area contributed by atoms with Crippen LogP contribution >= 0.6 is 23.2 Å². The number of hydrogen-bond donors (Lipinski definition) is 0. The van der Waals surface area contributed by atoms with E-state index in [2.05, 4.69) is 104 Å². The molecule has 0 radical (unpaired) electrons. The second kappa shape index (κ2) is 16.3. The van der Waals surface area contributed by atoms with Gasteiger partial charge in [-0.25, -0.2) is 4.79 Å². The molecule has 270 valence electrons. The van der Waals surface area contributed by atoms with Gasteiger partial charge in [-0.3, -0.25) is 0 Å². The summed E-state index contributed by atoms with van der Waals surface area (Å²) in [4.78, 5) is 14.8. The Morgan fingerprint density at radius 3 is 1.88 bits per heavy atom. The number of amides is 1. The summed E-state index contributed by atoms with van der Waals surface area (Å²) in [7, 11) is -1.15. The Bertz CT molecular complexity index is 1910. The first-order valence-electron chi connectivity index (χ1n) is 17.6. The van der Waals surface area contributed by atoms with E-state index in [-0.39, 0.29) is 35.9 Å². The molecule has 6 rings (SSSR count). The predicted molar refractivity (Wildman–Crippen MR) is 212 cm³/mol. The van der Waals surface area contributed by atoms with E-state index in [1.807, 2.05) is 43.3 Å². The van der Waals surface area contributed by atoms with Crippen LogP contribution in [-0.2, 0) is 20.3 Å². The fourth-order valence-corrected chi connectivity index (χ4v) is 12.3. The maximum Gasteiger partial charge on any atom is 0.409 e. The van der Waals surface area contributed by atoms with Crippen molar-refractivity contribution in [3.8, 4) is 11.1 Å². The van der Waals surface area contributed by atoms with Gasteiger partial charge >= 0.3 is 6.09 Å². The number of nitrogens with zero attached hydrogens (tertiary/aromatic N) is 3. The summed E-state index contributed by atoms with van der Waals surface area (Å²) >= 11 is 13.0. The first kappa shape index (κ1) is 37.7. The minimum atomic E-state index is -2.87. The van der Waals surface area contributed by atoms with Gasteiger partial charge in [0, 0.05) is 31.5 Å². The highest BCUT2D eigenvalue weighted by Crippen LogP contribution is 2.44. The van der Waals surface area contributed by atoms with Crippen molar-refractivity contribution in [1.82, 2.24) is 15.1 Å². The zero-order valence-corrected chi connectivity index (χ0v) is 32.8. The minimum Gasteiger partial charge on any atom is -0.448 e. The fourth-order valence-electron chi connectivity index (χ4n) is 7.26. The third-order valence-electron chi connectivity index (χ3n) is 10.00. The van der Waals surface area contributed by atoms with Crippen molar-refractivity contribution in [3.05, 3.63) is 142 Å². The van der Waals surface area contributed by atoms with Crippen LogP contribution in [0.2, 0.25) is 15.3 Å². The van der Waals surface area contributed by atoms with Crippen LogP contribution in [0.1, 0.15) is 48.9 Å². The SMILES string of the molecule is Cc1c(Cl)nnc(Cl)c1CC(CO[Si](c1ccccc1)(c1ccccc1)C(C)(C)C)OCCN(C)C(=O)OCC1c2ccccc2-c2ccccc21. The lowest BCUT2D eigenvalue weighted by molar-refractivity contribution is 0.00879. The lowest BCUT2D eigenvalue weighted by Gasteiger charge is -2.43. The zero-order chi connectivity index (χ0) is 36.9. The Hall–Kier alpha value is -4.05. The molecule has 4 aromatic carbocycles. The molecule has 1 atom stereocenters. The molecule has 0 bridgehead atoms. The van der Waals surface area contributed by atoms with Crippen molar-refractivity contribution in [1.29, 1.82) is 0 Å². The van der Waals surface area contributed by atoms with Crippen LogP contribution in [0.5, 0.6) is 0 Å². The first-order valence-corrected chi connectivity index (χ1v) is 20.3. The third kappa shape index (κ3) is 7.82.